The van der Waals surface area contributed by atoms with Crippen molar-refractivity contribution in [3.05, 3.63) is 69.7 Å². The number of nitrogens with one attached hydrogen (secondary N) is 1. The van der Waals surface area contributed by atoms with Crippen molar-refractivity contribution in [2.75, 3.05) is 18.9 Å². The third-order valence-electron chi connectivity index (χ3n) is 6.49. The van der Waals surface area contributed by atoms with E-state index < -0.39 is 50.7 Å². The summed E-state index contributed by atoms with van der Waals surface area (Å²) in [6.07, 6.45) is -2.23. The van der Waals surface area contributed by atoms with E-state index in [1.54, 1.807) is 70.2 Å². The van der Waals surface area contributed by atoms with Gasteiger partial charge in [0.1, 0.15) is 12.2 Å². The predicted molar refractivity (Wildman–Crippen MR) is 148 cm³/mol. The number of halogens is 2. The number of nitrogens with zero attached hydrogens (tertiary/aromatic N) is 1. The number of rotatable bonds is 9. The molecule has 1 aliphatic rings. The third kappa shape index (κ3) is 7.07. The van der Waals surface area contributed by atoms with Crippen LogP contribution in [0.5, 0.6) is 0 Å². The number of benzene rings is 2. The van der Waals surface area contributed by atoms with Gasteiger partial charge in [0.15, 0.2) is 9.84 Å². The van der Waals surface area contributed by atoms with Crippen LogP contribution in [0.1, 0.15) is 57.4 Å². The van der Waals surface area contributed by atoms with Crippen LogP contribution >= 0.6 is 23.2 Å². The summed E-state index contributed by atoms with van der Waals surface area (Å²) in [7, 11) is -3.61. The smallest absolute Gasteiger partial charge is 0.253 e. The van der Waals surface area contributed by atoms with Gasteiger partial charge in [-0.15, -0.1) is 0 Å². The first-order chi connectivity index (χ1) is 17.7. The number of sulfone groups is 1. The van der Waals surface area contributed by atoms with Gasteiger partial charge in [0.2, 0.25) is 5.91 Å². The Morgan fingerprint density at radius 1 is 1.11 bits per heavy atom. The molecule has 1 heterocycles. The average molecular weight is 586 g/mol. The zero-order chi connectivity index (χ0) is 28.3. The molecule has 2 N–H and O–H groups in total. The lowest BCUT2D eigenvalue weighted by molar-refractivity contribution is -0.179. The van der Waals surface area contributed by atoms with E-state index in [0.29, 0.717) is 21.2 Å². The predicted octanol–water partition coefficient (Wildman–Crippen LogP) is 4.10. The van der Waals surface area contributed by atoms with E-state index in [2.05, 4.69) is 5.32 Å². The molecule has 1 aliphatic heterocycles. The molecule has 38 heavy (non-hydrogen) atoms. The Kier molecular flexibility index (Phi) is 9.87. The summed E-state index contributed by atoms with van der Waals surface area (Å²) in [6, 6.07) is 12.5. The van der Waals surface area contributed by atoms with Crippen LogP contribution in [0.3, 0.4) is 0 Å². The minimum Gasteiger partial charge on any atom is -0.395 e. The summed E-state index contributed by atoms with van der Waals surface area (Å²) >= 11 is 12.4. The molecule has 3 rings (SSSR count). The zero-order valence-electron chi connectivity index (χ0n) is 21.9. The van der Waals surface area contributed by atoms with Crippen molar-refractivity contribution in [1.82, 2.24) is 10.2 Å². The zero-order valence-corrected chi connectivity index (χ0v) is 24.2. The van der Waals surface area contributed by atoms with Gasteiger partial charge in [0.25, 0.3) is 5.91 Å². The van der Waals surface area contributed by atoms with E-state index in [9.17, 15) is 18.0 Å². The third-order valence-corrected chi connectivity index (χ3v) is 9.76. The number of aliphatic hydroxyl groups is 1. The Labute approximate surface area is 234 Å². The van der Waals surface area contributed by atoms with Crippen molar-refractivity contribution in [3.8, 4) is 0 Å². The molecule has 0 bridgehead atoms. The molecule has 8 nitrogen and oxygen atoms in total. The molecule has 1 fully saturated rings. The van der Waals surface area contributed by atoms with Crippen molar-refractivity contribution in [2.24, 2.45) is 0 Å². The van der Waals surface area contributed by atoms with Gasteiger partial charge in [-0.2, -0.15) is 0 Å². The second-order valence-corrected chi connectivity index (χ2v) is 14.0. The Balaban J connectivity index is 2.14. The summed E-state index contributed by atoms with van der Waals surface area (Å²) in [5.41, 5.74) is 1.36. The summed E-state index contributed by atoms with van der Waals surface area (Å²) in [6.45, 7) is 6.34. The van der Waals surface area contributed by atoms with E-state index in [1.807, 2.05) is 6.07 Å². The van der Waals surface area contributed by atoms with Crippen molar-refractivity contribution in [2.45, 2.75) is 63.2 Å². The van der Waals surface area contributed by atoms with Crippen molar-refractivity contribution >= 4 is 44.9 Å². The van der Waals surface area contributed by atoms with Gasteiger partial charge in [0, 0.05) is 22.6 Å². The maximum atomic E-state index is 13.9. The van der Waals surface area contributed by atoms with Crippen LogP contribution in [0.15, 0.2) is 48.5 Å². The second kappa shape index (κ2) is 12.3. The summed E-state index contributed by atoms with van der Waals surface area (Å²) in [4.78, 5) is 28.0. The molecular formula is C27H34Cl2N2O6S. The SMILES string of the molecule is C[C@@H](CS(=O)(=O)C(C)(C)C)N1C(=O)[C@@H](CC(=O)NCCO)O[C@H](c2cccc(Cl)c2)[C@H]1c1ccc(Cl)cc1. The van der Waals surface area contributed by atoms with E-state index in [-0.39, 0.29) is 25.3 Å². The van der Waals surface area contributed by atoms with Crippen molar-refractivity contribution in [1.29, 1.82) is 0 Å². The van der Waals surface area contributed by atoms with Crippen LogP contribution in [-0.4, -0.2) is 66.0 Å². The fraction of sp³-hybridized carbons (Fsp3) is 0.481. The van der Waals surface area contributed by atoms with Gasteiger partial charge in [-0.25, -0.2) is 8.42 Å². The van der Waals surface area contributed by atoms with Crippen LogP contribution < -0.4 is 5.32 Å². The van der Waals surface area contributed by atoms with Gasteiger partial charge in [-0.1, -0.05) is 47.5 Å². The largest absolute Gasteiger partial charge is 0.395 e. The van der Waals surface area contributed by atoms with E-state index >= 15 is 0 Å². The van der Waals surface area contributed by atoms with E-state index in [0.717, 1.165) is 0 Å². The highest BCUT2D eigenvalue weighted by atomic mass is 35.5. The topological polar surface area (TPSA) is 113 Å². The first kappa shape index (κ1) is 30.4. The van der Waals surface area contributed by atoms with Crippen LogP contribution in [0.2, 0.25) is 10.0 Å². The average Bonchev–Trinajstić information content (AvgIpc) is 2.83. The monoisotopic (exact) mass is 584 g/mol. The highest BCUT2D eigenvalue weighted by Crippen LogP contribution is 2.44. The van der Waals surface area contributed by atoms with Crippen LogP contribution in [-0.2, 0) is 24.2 Å². The Bertz CT molecular complexity index is 1250. The first-order valence-corrected chi connectivity index (χ1v) is 14.7. The number of carbonyl (C=O) groups excluding carboxylic acids is 2. The molecule has 0 radical (unpaired) electrons. The number of hydrogen-bond donors (Lipinski definition) is 2. The molecule has 2 aromatic rings. The molecular weight excluding hydrogens is 551 g/mol. The van der Waals surface area contributed by atoms with Gasteiger partial charge in [-0.3, -0.25) is 9.59 Å². The Hall–Kier alpha value is -2.17. The normalized spacial score (nSPS) is 21.3. The second-order valence-electron chi connectivity index (χ2n) is 10.4. The lowest BCUT2D eigenvalue weighted by Crippen LogP contribution is -2.57. The lowest BCUT2D eigenvalue weighted by atomic mass is 9.90. The molecule has 1 saturated heterocycles. The van der Waals surface area contributed by atoms with Crippen molar-refractivity contribution < 1.29 is 27.9 Å². The van der Waals surface area contributed by atoms with E-state index in [1.165, 1.54) is 4.90 Å². The van der Waals surface area contributed by atoms with Gasteiger partial charge >= 0.3 is 0 Å². The van der Waals surface area contributed by atoms with Gasteiger partial charge in [0.05, 0.1) is 29.6 Å². The molecule has 4 atom stereocenters. The number of hydrogen-bond acceptors (Lipinski definition) is 6. The number of morpholine rings is 1. The molecule has 0 saturated carbocycles. The Morgan fingerprint density at radius 3 is 2.34 bits per heavy atom. The molecule has 11 heteroatoms. The molecule has 2 amide bonds. The summed E-state index contributed by atoms with van der Waals surface area (Å²) in [5, 5.41) is 12.6. The highest BCUT2D eigenvalue weighted by Gasteiger charge is 2.47. The lowest BCUT2D eigenvalue weighted by Gasteiger charge is -2.47. The van der Waals surface area contributed by atoms with Gasteiger partial charge in [-0.05, 0) is 63.1 Å². The van der Waals surface area contributed by atoms with Crippen molar-refractivity contribution in [3.63, 3.8) is 0 Å². The summed E-state index contributed by atoms with van der Waals surface area (Å²) in [5.74, 6) is -1.25. The summed E-state index contributed by atoms with van der Waals surface area (Å²) < 4.78 is 31.6. The molecule has 2 aromatic carbocycles. The molecule has 0 spiro atoms. The molecule has 0 aliphatic carbocycles. The number of amides is 2. The number of carbonyl (C=O) groups is 2. The number of ether oxygens (including phenoxy) is 1. The fourth-order valence-corrected chi connectivity index (χ4v) is 6.03. The highest BCUT2D eigenvalue weighted by molar-refractivity contribution is 7.92. The first-order valence-electron chi connectivity index (χ1n) is 12.3. The van der Waals surface area contributed by atoms with Crippen LogP contribution in [0.25, 0.3) is 0 Å². The van der Waals surface area contributed by atoms with Gasteiger partial charge < -0.3 is 20.1 Å². The maximum Gasteiger partial charge on any atom is 0.253 e. The maximum absolute atomic E-state index is 13.9. The molecule has 0 aromatic heterocycles. The minimum absolute atomic E-state index is 0.0365. The number of aliphatic hydroxyl groups excluding tert-OH is 1. The standard InChI is InChI=1S/C27H34Cl2N2O6S/c1-17(16-38(35,36)27(2,3)4)31-24(18-8-10-20(28)11-9-18)25(19-6-5-7-21(29)14-19)37-22(26(31)34)15-23(33)30-12-13-32/h5-11,14,17,22,24-25,32H,12-13,15-16H2,1-4H3,(H,30,33)/t17-,22+,24+,25+/m0/s1. The van der Waals surface area contributed by atoms with Crippen LogP contribution in [0.4, 0.5) is 0 Å². The fourth-order valence-electron chi connectivity index (χ4n) is 4.41. The molecule has 208 valence electrons. The minimum atomic E-state index is -3.61. The quantitative estimate of drug-likeness (QED) is 0.458. The van der Waals surface area contributed by atoms with Crippen LogP contribution in [0, 0.1) is 0 Å². The van der Waals surface area contributed by atoms with E-state index in [4.69, 9.17) is 33.0 Å². The Morgan fingerprint density at radius 2 is 1.76 bits per heavy atom. The molecule has 0 unspecified atom stereocenters.